The number of benzene rings is 2. The quantitative estimate of drug-likeness (QED) is 0.672. The first-order valence-corrected chi connectivity index (χ1v) is 6.45. The van der Waals surface area contributed by atoms with Gasteiger partial charge in [0.2, 0.25) is 0 Å². The van der Waals surface area contributed by atoms with E-state index in [-0.39, 0.29) is 11.4 Å². The molecule has 1 amide bonds. The molecule has 2 aromatic carbocycles. The summed E-state index contributed by atoms with van der Waals surface area (Å²) in [4.78, 5) is 22.1. The Hall–Kier alpha value is -3.09. The van der Waals surface area contributed by atoms with Crippen LogP contribution in [0.4, 0.5) is 11.4 Å². The maximum absolute atomic E-state index is 12.0. The number of hydrogen-bond acceptors (Lipinski definition) is 5. The van der Waals surface area contributed by atoms with Crippen LogP contribution in [0, 0.1) is 10.1 Å². The van der Waals surface area contributed by atoms with E-state index in [9.17, 15) is 20.0 Å². The zero-order chi connectivity index (χ0) is 16.1. The number of ether oxygens (including phenoxy) is 1. The summed E-state index contributed by atoms with van der Waals surface area (Å²) < 4.78 is 5.42. The number of anilines is 1. The summed E-state index contributed by atoms with van der Waals surface area (Å²) in [6, 6.07) is 11.9. The van der Waals surface area contributed by atoms with E-state index in [4.69, 9.17) is 4.74 Å². The predicted molar refractivity (Wildman–Crippen MR) is 77.7 cm³/mol. The SMILES string of the molecule is C[C@H](Oc1ccccc1)C(=O)Nc1cc([N+](=O)[O-])ccc1[O-]. The van der Waals surface area contributed by atoms with Gasteiger partial charge in [0.05, 0.1) is 4.92 Å². The average molecular weight is 301 g/mol. The lowest BCUT2D eigenvalue weighted by molar-refractivity contribution is -0.385. The van der Waals surface area contributed by atoms with E-state index in [1.165, 1.54) is 6.92 Å². The standard InChI is InChI=1S/C15H14N2O5/c1-10(22-12-5-3-2-4-6-12)15(19)16-13-9-11(17(20)21)7-8-14(13)18/h2-10,18H,1H3,(H,16,19)/p-1/t10-/m0/s1. The first-order valence-electron chi connectivity index (χ1n) is 6.45. The fourth-order valence-corrected chi connectivity index (χ4v) is 1.72. The molecule has 0 saturated carbocycles. The second-order valence-corrected chi connectivity index (χ2v) is 4.50. The number of nitro groups is 1. The molecule has 0 aromatic heterocycles. The Morgan fingerprint density at radius 2 is 1.91 bits per heavy atom. The molecule has 1 N–H and O–H groups in total. The van der Waals surface area contributed by atoms with Crippen LogP contribution in [-0.4, -0.2) is 16.9 Å². The highest BCUT2D eigenvalue weighted by atomic mass is 16.6. The summed E-state index contributed by atoms with van der Waals surface area (Å²) in [7, 11) is 0. The monoisotopic (exact) mass is 301 g/mol. The summed E-state index contributed by atoms with van der Waals surface area (Å²) >= 11 is 0. The highest BCUT2D eigenvalue weighted by Crippen LogP contribution is 2.26. The van der Waals surface area contributed by atoms with Gasteiger partial charge in [0, 0.05) is 17.8 Å². The number of amides is 1. The normalized spacial score (nSPS) is 11.5. The van der Waals surface area contributed by atoms with Crippen molar-refractivity contribution in [2.75, 3.05) is 5.32 Å². The van der Waals surface area contributed by atoms with Gasteiger partial charge in [-0.3, -0.25) is 14.9 Å². The van der Waals surface area contributed by atoms with Crippen molar-refractivity contribution in [1.82, 2.24) is 0 Å². The Balaban J connectivity index is 2.08. The second-order valence-electron chi connectivity index (χ2n) is 4.50. The zero-order valence-electron chi connectivity index (χ0n) is 11.7. The summed E-state index contributed by atoms with van der Waals surface area (Å²) in [5.41, 5.74) is -0.422. The third-order valence-corrected chi connectivity index (χ3v) is 2.86. The summed E-state index contributed by atoms with van der Waals surface area (Å²) in [5.74, 6) is -0.571. The minimum atomic E-state index is -0.860. The highest BCUT2D eigenvalue weighted by Gasteiger charge is 2.16. The van der Waals surface area contributed by atoms with Gasteiger partial charge in [-0.25, -0.2) is 0 Å². The van der Waals surface area contributed by atoms with Gasteiger partial charge in [-0.2, -0.15) is 0 Å². The van der Waals surface area contributed by atoms with Crippen molar-refractivity contribution < 1.29 is 19.6 Å². The molecule has 0 bridgehead atoms. The number of nitro benzene ring substituents is 1. The van der Waals surface area contributed by atoms with E-state index in [2.05, 4.69) is 5.32 Å². The molecular formula is C15H13N2O5-. The zero-order valence-corrected chi connectivity index (χ0v) is 11.7. The summed E-state index contributed by atoms with van der Waals surface area (Å²) in [6.45, 7) is 1.52. The smallest absolute Gasteiger partial charge is 0.271 e. The fraction of sp³-hybridized carbons (Fsp3) is 0.133. The van der Waals surface area contributed by atoms with Gasteiger partial charge in [-0.15, -0.1) is 0 Å². The number of non-ortho nitro benzene ring substituents is 1. The largest absolute Gasteiger partial charge is 0.871 e. The van der Waals surface area contributed by atoms with Crippen LogP contribution in [0.3, 0.4) is 0 Å². The molecule has 0 saturated heterocycles. The second kappa shape index (κ2) is 6.57. The molecule has 2 rings (SSSR count). The van der Waals surface area contributed by atoms with Gasteiger partial charge in [0.15, 0.2) is 6.10 Å². The lowest BCUT2D eigenvalue weighted by Gasteiger charge is -2.18. The first-order chi connectivity index (χ1) is 10.5. The molecule has 0 aliphatic rings. The number of hydrogen-bond donors (Lipinski definition) is 1. The van der Waals surface area contributed by atoms with E-state index in [1.807, 2.05) is 6.07 Å². The predicted octanol–water partition coefficient (Wildman–Crippen LogP) is 2.07. The maximum atomic E-state index is 12.0. The van der Waals surface area contributed by atoms with Crippen molar-refractivity contribution in [3.8, 4) is 11.5 Å². The van der Waals surface area contributed by atoms with Crippen LogP contribution in [0.15, 0.2) is 48.5 Å². The molecule has 2 aromatic rings. The van der Waals surface area contributed by atoms with E-state index < -0.39 is 22.7 Å². The fourth-order valence-electron chi connectivity index (χ4n) is 1.72. The molecular weight excluding hydrogens is 288 g/mol. The molecule has 1 atom stereocenters. The molecule has 0 radical (unpaired) electrons. The van der Waals surface area contributed by atoms with Gasteiger partial charge < -0.3 is 15.2 Å². The van der Waals surface area contributed by atoms with Crippen molar-refractivity contribution >= 4 is 17.3 Å². The van der Waals surface area contributed by atoms with Crippen LogP contribution < -0.4 is 15.2 Å². The Morgan fingerprint density at radius 3 is 2.55 bits per heavy atom. The Kier molecular flexibility index (Phi) is 4.57. The molecule has 0 fully saturated rings. The molecule has 114 valence electrons. The van der Waals surface area contributed by atoms with Gasteiger partial charge in [0.25, 0.3) is 11.6 Å². The minimum Gasteiger partial charge on any atom is -0.871 e. The van der Waals surface area contributed by atoms with Gasteiger partial charge in [-0.05, 0) is 19.1 Å². The molecule has 22 heavy (non-hydrogen) atoms. The highest BCUT2D eigenvalue weighted by molar-refractivity contribution is 5.95. The number of para-hydroxylation sites is 1. The average Bonchev–Trinajstić information content (AvgIpc) is 2.50. The van der Waals surface area contributed by atoms with E-state index in [1.54, 1.807) is 24.3 Å². The van der Waals surface area contributed by atoms with Crippen molar-refractivity contribution in [2.45, 2.75) is 13.0 Å². The van der Waals surface area contributed by atoms with E-state index >= 15 is 0 Å². The van der Waals surface area contributed by atoms with E-state index in [0.717, 1.165) is 18.2 Å². The lowest BCUT2D eigenvalue weighted by Crippen LogP contribution is -2.30. The molecule has 7 nitrogen and oxygen atoms in total. The Labute approximate surface area is 126 Å². The van der Waals surface area contributed by atoms with Crippen LogP contribution in [0.5, 0.6) is 11.5 Å². The Morgan fingerprint density at radius 1 is 1.23 bits per heavy atom. The van der Waals surface area contributed by atoms with Crippen LogP contribution in [0.25, 0.3) is 0 Å². The number of nitrogens with one attached hydrogen (secondary N) is 1. The van der Waals surface area contributed by atoms with Crippen LogP contribution in [0.1, 0.15) is 6.92 Å². The van der Waals surface area contributed by atoms with Gasteiger partial charge >= 0.3 is 0 Å². The molecule has 0 spiro atoms. The van der Waals surface area contributed by atoms with Crippen LogP contribution in [0.2, 0.25) is 0 Å². The van der Waals surface area contributed by atoms with Crippen molar-refractivity contribution in [1.29, 1.82) is 0 Å². The minimum absolute atomic E-state index is 0.150. The molecule has 0 heterocycles. The van der Waals surface area contributed by atoms with Crippen molar-refractivity contribution in [2.24, 2.45) is 0 Å². The maximum Gasteiger partial charge on any atom is 0.271 e. The van der Waals surface area contributed by atoms with E-state index in [0.29, 0.717) is 5.75 Å². The van der Waals surface area contributed by atoms with Crippen LogP contribution in [-0.2, 0) is 4.79 Å². The summed E-state index contributed by atoms with van der Waals surface area (Å²) in [5, 5.41) is 24.7. The lowest BCUT2D eigenvalue weighted by atomic mass is 10.2. The molecule has 7 heteroatoms. The van der Waals surface area contributed by atoms with Crippen molar-refractivity contribution in [3.63, 3.8) is 0 Å². The number of carbonyl (C=O) groups excluding carboxylic acids is 1. The Bertz CT molecular complexity index is 688. The number of nitrogens with zero attached hydrogens (tertiary/aromatic N) is 1. The van der Waals surface area contributed by atoms with Crippen molar-refractivity contribution in [3.05, 3.63) is 58.6 Å². The first kappa shape index (κ1) is 15.3. The molecule has 0 aliphatic carbocycles. The van der Waals surface area contributed by atoms with Crippen LogP contribution >= 0.6 is 0 Å². The summed E-state index contributed by atoms with van der Waals surface area (Å²) in [6.07, 6.45) is -0.860. The third-order valence-electron chi connectivity index (χ3n) is 2.86. The number of carbonyl (C=O) groups is 1. The number of rotatable bonds is 5. The van der Waals surface area contributed by atoms with Gasteiger partial charge in [-0.1, -0.05) is 30.0 Å². The molecule has 0 aliphatic heterocycles. The topological polar surface area (TPSA) is 105 Å². The van der Waals surface area contributed by atoms with Gasteiger partial charge in [0.1, 0.15) is 5.75 Å². The third kappa shape index (κ3) is 3.72. The molecule has 0 unspecified atom stereocenters.